The Hall–Kier alpha value is -1.66. The first-order chi connectivity index (χ1) is 13.5. The lowest BCUT2D eigenvalue weighted by Gasteiger charge is -2.07. The molecule has 0 saturated carbocycles. The van der Waals surface area contributed by atoms with Crippen LogP contribution < -0.4 is 0 Å². The maximum absolute atomic E-state index is 9.59. The summed E-state index contributed by atoms with van der Waals surface area (Å²) < 4.78 is 8.26. The minimum Gasteiger partial charge on any atom is -0.469 e. The molecule has 28 heavy (non-hydrogen) atoms. The Bertz CT molecular complexity index is 380. The second-order valence-corrected chi connectivity index (χ2v) is 6.51. The molecule has 164 valence electrons. The monoisotopic (exact) mass is 400 g/mol. The van der Waals surface area contributed by atoms with E-state index in [1.165, 1.54) is 52.6 Å². The second kappa shape index (κ2) is 23.4. The van der Waals surface area contributed by atoms with Crippen molar-refractivity contribution in [3.05, 3.63) is 24.3 Å². The summed E-state index contributed by atoms with van der Waals surface area (Å²) in [5.41, 5.74) is 0. The van der Waals surface area contributed by atoms with Gasteiger partial charge in [0, 0.05) is 6.92 Å². The van der Waals surface area contributed by atoms with Gasteiger partial charge in [0.2, 0.25) is 0 Å². The van der Waals surface area contributed by atoms with Gasteiger partial charge in [-0.05, 0) is 45.4 Å². The van der Waals surface area contributed by atoms with Crippen LogP contribution in [0.5, 0.6) is 0 Å². The molecular weight excluding hydrogens is 360 g/mol. The summed E-state index contributed by atoms with van der Waals surface area (Å²) in [4.78, 5) is 18.8. The normalized spacial score (nSPS) is 23.5. The van der Waals surface area contributed by atoms with Crippen LogP contribution in [0.3, 0.4) is 0 Å². The van der Waals surface area contributed by atoms with Gasteiger partial charge in [-0.2, -0.15) is 0 Å². The smallest absolute Gasteiger partial charge is 0.302 e. The van der Waals surface area contributed by atoms with Gasteiger partial charge in [0.05, 0.1) is 25.9 Å². The van der Waals surface area contributed by atoms with Crippen LogP contribution in [0.25, 0.3) is 0 Å². The van der Waals surface area contributed by atoms with Crippen molar-refractivity contribution in [3.63, 3.8) is 0 Å². The number of hydrogen-bond donors (Lipinski definition) is 2. The zero-order valence-corrected chi connectivity index (χ0v) is 17.8. The summed E-state index contributed by atoms with van der Waals surface area (Å²) in [6.45, 7) is 4.03. The first-order valence-corrected chi connectivity index (χ1v) is 10.3. The lowest BCUT2D eigenvalue weighted by Crippen LogP contribution is -2.02. The minimum atomic E-state index is -0.245. The van der Waals surface area contributed by atoms with Gasteiger partial charge in [0.25, 0.3) is 6.47 Å². The van der Waals surface area contributed by atoms with Gasteiger partial charge in [0.15, 0.2) is 0 Å². The van der Waals surface area contributed by atoms with Crippen LogP contribution in [-0.4, -0.2) is 48.6 Å². The van der Waals surface area contributed by atoms with Crippen molar-refractivity contribution in [1.29, 1.82) is 0 Å². The SMILES string of the molecule is CCOC=O.COC(C)=O.OC1/C=C/CCCCC1.OC1/C=C\CCCCC1. The van der Waals surface area contributed by atoms with Gasteiger partial charge in [0.1, 0.15) is 0 Å². The highest BCUT2D eigenvalue weighted by atomic mass is 16.5. The largest absolute Gasteiger partial charge is 0.469 e. The number of carbonyl (C=O) groups is 2. The molecule has 6 heteroatoms. The van der Waals surface area contributed by atoms with E-state index in [2.05, 4.69) is 21.6 Å². The number of methoxy groups -OCH3 is 1. The summed E-state index contributed by atoms with van der Waals surface area (Å²) in [5.74, 6) is -0.245. The summed E-state index contributed by atoms with van der Waals surface area (Å²) in [6.07, 6.45) is 19.4. The predicted octanol–water partition coefficient (Wildman–Crippen LogP) is 4.09. The van der Waals surface area contributed by atoms with Gasteiger partial charge >= 0.3 is 5.97 Å². The van der Waals surface area contributed by atoms with Crippen molar-refractivity contribution < 1.29 is 29.3 Å². The van der Waals surface area contributed by atoms with E-state index in [4.69, 9.17) is 10.2 Å². The highest BCUT2D eigenvalue weighted by molar-refractivity contribution is 5.65. The van der Waals surface area contributed by atoms with Crippen LogP contribution >= 0.6 is 0 Å². The first-order valence-electron chi connectivity index (χ1n) is 10.3. The van der Waals surface area contributed by atoms with E-state index in [9.17, 15) is 9.59 Å². The van der Waals surface area contributed by atoms with Crippen LogP contribution in [0, 0.1) is 0 Å². The summed E-state index contributed by atoms with van der Waals surface area (Å²) in [5, 5.41) is 18.3. The summed E-state index contributed by atoms with van der Waals surface area (Å²) >= 11 is 0. The molecule has 2 aliphatic carbocycles. The molecule has 0 aromatic heterocycles. The molecule has 0 radical (unpaired) electrons. The number of allylic oxidation sites excluding steroid dienone is 2. The number of ether oxygens (including phenoxy) is 2. The standard InChI is InChI=1S/2C8H14O.2C3H6O2/c2*9-8-6-4-2-1-3-5-7-8;1-3(4)5-2;1-2-5-3-4/h2*4,6,8-9H,1-3,5,7H2;1-2H3;3H,2H2,1H3/b6-4+;6-4-;;. The highest BCUT2D eigenvalue weighted by Gasteiger charge is 2.01. The zero-order chi connectivity index (χ0) is 21.5. The third-order valence-corrected chi connectivity index (χ3v) is 3.98. The van der Waals surface area contributed by atoms with Crippen molar-refractivity contribution in [3.8, 4) is 0 Å². The molecule has 0 fully saturated rings. The molecule has 2 atom stereocenters. The molecule has 2 rings (SSSR count). The zero-order valence-electron chi connectivity index (χ0n) is 17.8. The Morgan fingerprint density at radius 2 is 1.39 bits per heavy atom. The van der Waals surface area contributed by atoms with E-state index < -0.39 is 0 Å². The molecule has 2 N–H and O–H groups in total. The van der Waals surface area contributed by atoms with Crippen molar-refractivity contribution >= 4 is 12.4 Å². The topological polar surface area (TPSA) is 93.1 Å². The second-order valence-electron chi connectivity index (χ2n) is 6.51. The average Bonchev–Trinajstić information content (AvgIpc) is 2.64. The van der Waals surface area contributed by atoms with Crippen LogP contribution in [0.2, 0.25) is 0 Å². The Labute approximate surface area is 170 Å². The Morgan fingerprint density at radius 1 is 0.964 bits per heavy atom. The van der Waals surface area contributed by atoms with Crippen LogP contribution in [0.1, 0.15) is 78.1 Å². The van der Waals surface area contributed by atoms with Crippen molar-refractivity contribution in [2.45, 2.75) is 90.3 Å². The van der Waals surface area contributed by atoms with Crippen LogP contribution in [0.4, 0.5) is 0 Å². The Balaban J connectivity index is 0. The van der Waals surface area contributed by atoms with Gasteiger partial charge in [-0.15, -0.1) is 0 Å². The molecule has 0 aliphatic heterocycles. The van der Waals surface area contributed by atoms with Crippen molar-refractivity contribution in [2.75, 3.05) is 13.7 Å². The molecule has 0 bridgehead atoms. The molecule has 6 nitrogen and oxygen atoms in total. The van der Waals surface area contributed by atoms with Gasteiger partial charge in [-0.3, -0.25) is 9.59 Å². The number of hydrogen-bond acceptors (Lipinski definition) is 6. The minimum absolute atomic E-state index is 0.162. The summed E-state index contributed by atoms with van der Waals surface area (Å²) in [6, 6.07) is 0. The first kappa shape index (κ1) is 28.5. The molecule has 0 amide bonds. The highest BCUT2D eigenvalue weighted by Crippen LogP contribution is 2.11. The molecule has 0 saturated heterocycles. The number of carbonyl (C=O) groups excluding carboxylic acids is 2. The maximum Gasteiger partial charge on any atom is 0.302 e. The van der Waals surface area contributed by atoms with E-state index in [1.807, 2.05) is 12.2 Å². The van der Waals surface area contributed by atoms with Crippen molar-refractivity contribution in [2.24, 2.45) is 0 Å². The molecule has 2 unspecified atom stereocenters. The lowest BCUT2D eigenvalue weighted by atomic mass is 10.0. The lowest BCUT2D eigenvalue weighted by molar-refractivity contribution is -0.138. The number of aliphatic hydroxyl groups excluding tert-OH is 2. The quantitative estimate of drug-likeness (QED) is 0.412. The van der Waals surface area contributed by atoms with E-state index in [1.54, 1.807) is 6.92 Å². The maximum atomic E-state index is 9.59. The van der Waals surface area contributed by atoms with E-state index in [-0.39, 0.29) is 18.2 Å². The molecule has 0 spiro atoms. The number of rotatable bonds is 2. The fourth-order valence-electron chi connectivity index (χ4n) is 2.35. The van der Waals surface area contributed by atoms with Gasteiger partial charge in [-0.25, -0.2) is 0 Å². The summed E-state index contributed by atoms with van der Waals surface area (Å²) in [7, 11) is 1.35. The third kappa shape index (κ3) is 26.6. The molecule has 0 aromatic rings. The van der Waals surface area contributed by atoms with Crippen molar-refractivity contribution in [1.82, 2.24) is 0 Å². The predicted molar refractivity (Wildman–Crippen MR) is 112 cm³/mol. The molecular formula is C22H40O6. The Morgan fingerprint density at radius 3 is 1.68 bits per heavy atom. The van der Waals surface area contributed by atoms with Crippen LogP contribution in [-0.2, 0) is 19.1 Å². The number of aliphatic hydroxyl groups is 2. The molecule has 0 heterocycles. The fraction of sp³-hybridized carbons (Fsp3) is 0.727. The van der Waals surface area contributed by atoms with Gasteiger partial charge in [-0.1, -0.05) is 50.0 Å². The fourth-order valence-corrected chi connectivity index (χ4v) is 2.35. The van der Waals surface area contributed by atoms with Gasteiger partial charge < -0.3 is 19.7 Å². The third-order valence-electron chi connectivity index (χ3n) is 3.98. The van der Waals surface area contributed by atoms with E-state index >= 15 is 0 Å². The molecule has 0 aromatic carbocycles. The van der Waals surface area contributed by atoms with E-state index in [0.717, 1.165) is 25.7 Å². The van der Waals surface area contributed by atoms with Crippen LogP contribution in [0.15, 0.2) is 24.3 Å². The number of esters is 1. The van der Waals surface area contributed by atoms with E-state index in [0.29, 0.717) is 13.1 Å². The molecule has 2 aliphatic rings. The Kier molecular flexibility index (Phi) is 23.8. The average molecular weight is 401 g/mol.